The second-order valence-corrected chi connectivity index (χ2v) is 7.45. The van der Waals surface area contributed by atoms with Crippen molar-refractivity contribution in [3.63, 3.8) is 0 Å². The lowest BCUT2D eigenvalue weighted by Gasteiger charge is -2.36. The summed E-state index contributed by atoms with van der Waals surface area (Å²) in [5.41, 5.74) is 1.72. The summed E-state index contributed by atoms with van der Waals surface area (Å²) < 4.78 is 17.0. The lowest BCUT2D eigenvalue weighted by molar-refractivity contribution is -0.104. The number of nitrogens with zero attached hydrogens (tertiary/aromatic N) is 3. The number of hydrogen-bond donors (Lipinski definition) is 1. The largest absolute Gasteiger partial charge is 0.366 e. The predicted molar refractivity (Wildman–Crippen MR) is 95.7 cm³/mol. The summed E-state index contributed by atoms with van der Waals surface area (Å²) in [6.07, 6.45) is 3.10. The molecule has 7 heteroatoms. The van der Waals surface area contributed by atoms with Crippen molar-refractivity contribution < 1.29 is 9.80 Å². The van der Waals surface area contributed by atoms with Crippen LogP contribution in [0, 0.1) is 5.82 Å². The number of aromatic nitrogens is 1. The molecule has 0 aliphatic carbocycles. The van der Waals surface area contributed by atoms with Gasteiger partial charge < -0.3 is 14.4 Å². The molecule has 2 aromatic rings. The van der Waals surface area contributed by atoms with Crippen molar-refractivity contribution >= 4 is 34.6 Å². The van der Waals surface area contributed by atoms with Gasteiger partial charge in [-0.3, -0.25) is 10.2 Å². The SMILES string of the molecule is CN1CCN(c2c(F)cc3c(=O)c(C=[NH2+])cn4c3c2SCC4)CC1. The van der Waals surface area contributed by atoms with E-state index in [1.54, 1.807) is 18.0 Å². The summed E-state index contributed by atoms with van der Waals surface area (Å²) >= 11 is 1.64. The fraction of sp³-hybridized carbons (Fsp3) is 0.412. The summed E-state index contributed by atoms with van der Waals surface area (Å²) in [5.74, 6) is 0.549. The first-order chi connectivity index (χ1) is 11.6. The van der Waals surface area contributed by atoms with Gasteiger partial charge in [-0.05, 0) is 13.1 Å². The number of nitrogens with two attached hydrogens (primary N) is 1. The number of aryl methyl sites for hydroxylation is 1. The molecule has 5 nitrogen and oxygen atoms in total. The van der Waals surface area contributed by atoms with Crippen LogP contribution in [0.4, 0.5) is 10.1 Å². The van der Waals surface area contributed by atoms with Crippen molar-refractivity contribution in [3.8, 4) is 0 Å². The number of pyridine rings is 1. The molecule has 0 amide bonds. The lowest BCUT2D eigenvalue weighted by Crippen LogP contribution is -2.45. The molecule has 1 aromatic carbocycles. The molecule has 1 saturated heterocycles. The molecule has 0 bridgehead atoms. The van der Waals surface area contributed by atoms with Crippen molar-refractivity contribution in [1.82, 2.24) is 9.47 Å². The number of thioether (sulfide) groups is 1. The summed E-state index contributed by atoms with van der Waals surface area (Å²) in [6, 6.07) is 1.39. The number of benzene rings is 1. The number of halogens is 1. The third-order valence-electron chi connectivity index (χ3n) is 4.85. The maximum Gasteiger partial charge on any atom is 0.202 e. The van der Waals surface area contributed by atoms with Crippen LogP contribution in [-0.4, -0.2) is 54.7 Å². The van der Waals surface area contributed by atoms with Gasteiger partial charge in [-0.25, -0.2) is 4.39 Å². The maximum absolute atomic E-state index is 15.0. The molecule has 24 heavy (non-hydrogen) atoms. The Morgan fingerprint density at radius 3 is 2.71 bits per heavy atom. The molecule has 0 unspecified atom stereocenters. The van der Waals surface area contributed by atoms with E-state index in [2.05, 4.69) is 16.8 Å². The third-order valence-corrected chi connectivity index (χ3v) is 5.91. The van der Waals surface area contributed by atoms with E-state index < -0.39 is 0 Å². The molecule has 2 N–H and O–H groups in total. The third kappa shape index (κ3) is 2.34. The molecular weight excluding hydrogens is 327 g/mol. The normalized spacial score (nSPS) is 18.2. The van der Waals surface area contributed by atoms with E-state index in [1.807, 2.05) is 4.57 Å². The highest BCUT2D eigenvalue weighted by Crippen LogP contribution is 2.41. The van der Waals surface area contributed by atoms with Crippen molar-refractivity contribution in [1.29, 1.82) is 0 Å². The van der Waals surface area contributed by atoms with Gasteiger partial charge in [0.15, 0.2) is 6.21 Å². The van der Waals surface area contributed by atoms with Gasteiger partial charge in [-0.2, -0.15) is 0 Å². The molecule has 0 saturated carbocycles. The molecule has 0 radical (unpaired) electrons. The minimum atomic E-state index is -0.311. The first kappa shape index (κ1) is 15.7. The van der Waals surface area contributed by atoms with Crippen molar-refractivity contribution in [2.24, 2.45) is 0 Å². The average molecular weight is 347 g/mol. The minimum absolute atomic E-state index is 0.198. The smallest absolute Gasteiger partial charge is 0.202 e. The van der Waals surface area contributed by atoms with Gasteiger partial charge in [0.2, 0.25) is 5.43 Å². The molecule has 2 aliphatic rings. The number of anilines is 1. The number of hydrogen-bond acceptors (Lipinski definition) is 4. The zero-order chi connectivity index (χ0) is 16.8. The van der Waals surface area contributed by atoms with Crippen molar-refractivity contribution in [2.75, 3.05) is 43.9 Å². The van der Waals surface area contributed by atoms with Gasteiger partial charge in [-0.1, -0.05) is 0 Å². The molecule has 4 rings (SSSR count). The first-order valence-corrected chi connectivity index (χ1v) is 9.09. The Hall–Kier alpha value is -1.86. The van der Waals surface area contributed by atoms with Crippen LogP contribution in [0.1, 0.15) is 5.56 Å². The minimum Gasteiger partial charge on any atom is -0.366 e. The van der Waals surface area contributed by atoms with Crippen LogP contribution in [0.5, 0.6) is 0 Å². The van der Waals surface area contributed by atoms with Crippen LogP contribution in [0.2, 0.25) is 0 Å². The molecule has 126 valence electrons. The molecule has 1 fully saturated rings. The lowest BCUT2D eigenvalue weighted by atomic mass is 10.1. The van der Waals surface area contributed by atoms with E-state index in [9.17, 15) is 9.18 Å². The van der Waals surface area contributed by atoms with Crippen molar-refractivity contribution in [2.45, 2.75) is 11.4 Å². The predicted octanol–water partition coefficient (Wildman–Crippen LogP) is 0.176. The molecule has 0 atom stereocenters. The van der Waals surface area contributed by atoms with Crippen LogP contribution in [0.15, 0.2) is 22.0 Å². The van der Waals surface area contributed by atoms with Gasteiger partial charge in [0, 0.05) is 44.7 Å². The Labute approximate surface area is 143 Å². The Morgan fingerprint density at radius 1 is 1.25 bits per heavy atom. The highest BCUT2D eigenvalue weighted by Gasteiger charge is 2.27. The van der Waals surface area contributed by atoms with Crippen LogP contribution >= 0.6 is 11.8 Å². The van der Waals surface area contributed by atoms with Crippen LogP contribution in [0.3, 0.4) is 0 Å². The molecular formula is C17H20FN4OS+. The second kappa shape index (κ2) is 5.89. The summed E-state index contributed by atoms with van der Waals surface area (Å²) in [7, 11) is 2.08. The molecule has 2 aliphatic heterocycles. The van der Waals surface area contributed by atoms with E-state index in [0.29, 0.717) is 16.6 Å². The molecule has 0 spiro atoms. The van der Waals surface area contributed by atoms with E-state index in [0.717, 1.165) is 48.9 Å². The Balaban J connectivity index is 1.97. The Morgan fingerprint density at radius 2 is 2.00 bits per heavy atom. The molecule has 3 heterocycles. The standard InChI is InChI=1S/C17H19FN4OS/c1-20-2-4-21(5-3-20)15-13(18)8-12-14-17(15)24-7-6-22(14)10-11(9-19)16(12)23/h8-10,19H,2-7H2,1H3/p+1. The van der Waals surface area contributed by atoms with Crippen molar-refractivity contribution in [3.05, 3.63) is 33.9 Å². The van der Waals surface area contributed by atoms with Gasteiger partial charge in [0.1, 0.15) is 11.4 Å². The van der Waals surface area contributed by atoms with E-state index in [-0.39, 0.29) is 11.2 Å². The number of piperazine rings is 1. The Kier molecular flexibility index (Phi) is 3.85. The van der Waals surface area contributed by atoms with E-state index in [4.69, 9.17) is 5.41 Å². The van der Waals surface area contributed by atoms with Crippen LogP contribution < -0.4 is 15.7 Å². The average Bonchev–Trinajstić information content (AvgIpc) is 2.59. The topological polar surface area (TPSA) is 54.1 Å². The van der Waals surface area contributed by atoms with Gasteiger partial charge >= 0.3 is 0 Å². The fourth-order valence-electron chi connectivity index (χ4n) is 3.51. The molecule has 1 aromatic heterocycles. The van der Waals surface area contributed by atoms with Crippen LogP contribution in [-0.2, 0) is 6.54 Å². The highest BCUT2D eigenvalue weighted by atomic mass is 32.2. The quantitative estimate of drug-likeness (QED) is 0.788. The van der Waals surface area contributed by atoms with Gasteiger partial charge in [-0.15, -0.1) is 11.8 Å². The fourth-order valence-corrected chi connectivity index (χ4v) is 4.73. The van der Waals surface area contributed by atoms with Gasteiger partial charge in [0.25, 0.3) is 0 Å². The zero-order valence-corrected chi connectivity index (χ0v) is 14.4. The van der Waals surface area contributed by atoms with E-state index >= 15 is 0 Å². The monoisotopic (exact) mass is 347 g/mol. The van der Waals surface area contributed by atoms with E-state index in [1.165, 1.54) is 12.3 Å². The summed E-state index contributed by atoms with van der Waals surface area (Å²) in [4.78, 5) is 17.8. The highest BCUT2D eigenvalue weighted by molar-refractivity contribution is 7.99. The number of rotatable bonds is 2. The second-order valence-electron chi connectivity index (χ2n) is 6.34. The zero-order valence-electron chi connectivity index (χ0n) is 13.6. The Bertz CT molecular complexity index is 887. The maximum atomic E-state index is 15.0. The summed E-state index contributed by atoms with van der Waals surface area (Å²) in [5, 5.41) is 5.99. The first-order valence-electron chi connectivity index (χ1n) is 8.11. The van der Waals surface area contributed by atoms with Crippen LogP contribution in [0.25, 0.3) is 10.9 Å². The summed E-state index contributed by atoms with van der Waals surface area (Å²) in [6.45, 7) is 4.21. The number of likely N-dealkylation sites (N-methyl/N-ethyl adjacent to an activating group) is 1. The van der Waals surface area contributed by atoms with Gasteiger partial charge in [0.05, 0.1) is 21.5 Å².